The molecule has 0 bridgehead atoms. The van der Waals surface area contributed by atoms with Gasteiger partial charge in [0.1, 0.15) is 0 Å². The van der Waals surface area contributed by atoms with Gasteiger partial charge in [0.05, 0.1) is 6.20 Å². The molecule has 2 aromatic carbocycles. The standard InChI is InChI=1S/C18H18ClN5/c1-11-6-12(2)8-15(7-11)22-18-23-17(10-20-24-18)21-14-5-4-13(3)16(19)9-14/h4-10H,1-3H3,(H2,21,22,23,24). The minimum atomic E-state index is 0.434. The zero-order valence-corrected chi connectivity index (χ0v) is 14.5. The monoisotopic (exact) mass is 339 g/mol. The Kier molecular flexibility index (Phi) is 4.62. The molecule has 0 fully saturated rings. The van der Waals surface area contributed by atoms with Gasteiger partial charge < -0.3 is 10.6 Å². The summed E-state index contributed by atoms with van der Waals surface area (Å²) in [6.07, 6.45) is 1.57. The third-order valence-electron chi connectivity index (χ3n) is 3.48. The topological polar surface area (TPSA) is 62.7 Å². The fraction of sp³-hybridized carbons (Fsp3) is 0.167. The van der Waals surface area contributed by atoms with Crippen LogP contribution < -0.4 is 10.6 Å². The predicted octanol–water partition coefficient (Wildman–Crippen LogP) is 4.94. The Morgan fingerprint density at radius 2 is 1.62 bits per heavy atom. The Labute approximate surface area is 146 Å². The molecule has 3 rings (SSSR count). The Hall–Kier alpha value is -2.66. The molecule has 3 aromatic rings. The lowest BCUT2D eigenvalue weighted by atomic mass is 10.1. The summed E-state index contributed by atoms with van der Waals surface area (Å²) in [7, 11) is 0. The van der Waals surface area contributed by atoms with Crippen LogP contribution in [-0.4, -0.2) is 15.2 Å². The van der Waals surface area contributed by atoms with E-state index in [9.17, 15) is 0 Å². The van der Waals surface area contributed by atoms with E-state index in [2.05, 4.69) is 45.7 Å². The number of rotatable bonds is 4. The molecule has 5 nitrogen and oxygen atoms in total. The fourth-order valence-corrected chi connectivity index (χ4v) is 2.59. The highest BCUT2D eigenvalue weighted by atomic mass is 35.5. The van der Waals surface area contributed by atoms with Crippen LogP contribution in [0.2, 0.25) is 5.02 Å². The zero-order valence-electron chi connectivity index (χ0n) is 13.8. The van der Waals surface area contributed by atoms with Gasteiger partial charge in [-0.2, -0.15) is 10.1 Å². The number of halogens is 1. The van der Waals surface area contributed by atoms with Gasteiger partial charge in [-0.25, -0.2) is 0 Å². The molecule has 0 aliphatic rings. The maximum absolute atomic E-state index is 6.15. The molecule has 0 atom stereocenters. The van der Waals surface area contributed by atoms with E-state index in [1.165, 1.54) is 11.1 Å². The Morgan fingerprint density at radius 3 is 2.33 bits per heavy atom. The first-order chi connectivity index (χ1) is 11.5. The van der Waals surface area contributed by atoms with Crippen molar-refractivity contribution in [2.24, 2.45) is 0 Å². The molecule has 0 aliphatic carbocycles. The summed E-state index contributed by atoms with van der Waals surface area (Å²) in [6, 6.07) is 11.9. The molecule has 1 heterocycles. The minimum absolute atomic E-state index is 0.434. The van der Waals surface area contributed by atoms with Crippen LogP contribution in [0.3, 0.4) is 0 Å². The van der Waals surface area contributed by atoms with Gasteiger partial charge in [0.2, 0.25) is 5.95 Å². The van der Waals surface area contributed by atoms with Gasteiger partial charge >= 0.3 is 0 Å². The maximum Gasteiger partial charge on any atom is 0.249 e. The second-order valence-electron chi connectivity index (χ2n) is 5.76. The second-order valence-corrected chi connectivity index (χ2v) is 6.16. The minimum Gasteiger partial charge on any atom is -0.339 e. The summed E-state index contributed by atoms with van der Waals surface area (Å²) in [6.45, 7) is 6.07. The van der Waals surface area contributed by atoms with Gasteiger partial charge in [0.25, 0.3) is 0 Å². The number of anilines is 4. The third-order valence-corrected chi connectivity index (χ3v) is 3.89. The van der Waals surface area contributed by atoms with E-state index in [-0.39, 0.29) is 0 Å². The van der Waals surface area contributed by atoms with Crippen molar-refractivity contribution in [1.29, 1.82) is 0 Å². The second kappa shape index (κ2) is 6.84. The molecule has 0 unspecified atom stereocenters. The summed E-state index contributed by atoms with van der Waals surface area (Å²) in [4.78, 5) is 4.44. The molecule has 6 heteroatoms. The fourth-order valence-electron chi connectivity index (χ4n) is 2.41. The Balaban J connectivity index is 1.79. The summed E-state index contributed by atoms with van der Waals surface area (Å²) in [5.41, 5.74) is 5.16. The molecule has 24 heavy (non-hydrogen) atoms. The van der Waals surface area contributed by atoms with Crippen LogP contribution in [0.4, 0.5) is 23.1 Å². The summed E-state index contributed by atoms with van der Waals surface area (Å²) in [5.74, 6) is 1.03. The Morgan fingerprint density at radius 1 is 0.875 bits per heavy atom. The predicted molar refractivity (Wildman–Crippen MR) is 98.5 cm³/mol. The average molecular weight is 340 g/mol. The van der Waals surface area contributed by atoms with Crippen LogP contribution in [0.5, 0.6) is 0 Å². The average Bonchev–Trinajstić information content (AvgIpc) is 2.50. The van der Waals surface area contributed by atoms with E-state index in [0.29, 0.717) is 16.8 Å². The highest BCUT2D eigenvalue weighted by molar-refractivity contribution is 6.31. The van der Waals surface area contributed by atoms with Gasteiger partial charge in [-0.1, -0.05) is 23.7 Å². The number of hydrogen-bond donors (Lipinski definition) is 2. The van der Waals surface area contributed by atoms with Crippen LogP contribution >= 0.6 is 11.6 Å². The SMILES string of the molecule is Cc1cc(C)cc(Nc2nncc(Nc3ccc(C)c(Cl)c3)n2)c1. The molecule has 0 radical (unpaired) electrons. The van der Waals surface area contributed by atoms with Gasteiger partial charge in [-0.3, -0.25) is 0 Å². The molecule has 0 aliphatic heterocycles. The van der Waals surface area contributed by atoms with Gasteiger partial charge in [0, 0.05) is 16.4 Å². The first-order valence-corrected chi connectivity index (χ1v) is 7.95. The van der Waals surface area contributed by atoms with Crippen LogP contribution in [0.1, 0.15) is 16.7 Å². The lowest BCUT2D eigenvalue weighted by molar-refractivity contribution is 0.982. The highest BCUT2D eigenvalue weighted by Gasteiger charge is 2.04. The largest absolute Gasteiger partial charge is 0.339 e. The summed E-state index contributed by atoms with van der Waals surface area (Å²) < 4.78 is 0. The van der Waals surface area contributed by atoms with Gasteiger partial charge in [0.15, 0.2) is 5.82 Å². The zero-order chi connectivity index (χ0) is 17.1. The summed E-state index contributed by atoms with van der Waals surface area (Å²) in [5, 5.41) is 15.1. The molecule has 0 amide bonds. The van der Waals surface area contributed by atoms with E-state index >= 15 is 0 Å². The van der Waals surface area contributed by atoms with E-state index in [1.54, 1.807) is 6.20 Å². The normalized spacial score (nSPS) is 10.5. The molecular formula is C18H18ClN5. The molecule has 0 spiro atoms. The first-order valence-electron chi connectivity index (χ1n) is 7.58. The number of nitrogens with one attached hydrogen (secondary N) is 2. The number of aryl methyl sites for hydroxylation is 3. The van der Waals surface area contributed by atoms with Crippen LogP contribution in [0.15, 0.2) is 42.6 Å². The third kappa shape index (κ3) is 4.00. The lowest BCUT2D eigenvalue weighted by Crippen LogP contribution is -2.02. The maximum atomic E-state index is 6.15. The number of aromatic nitrogens is 3. The van der Waals surface area contributed by atoms with Crippen molar-refractivity contribution in [2.75, 3.05) is 10.6 Å². The number of hydrogen-bond acceptors (Lipinski definition) is 5. The lowest BCUT2D eigenvalue weighted by Gasteiger charge is -2.09. The Bertz CT molecular complexity index is 859. The molecule has 2 N–H and O–H groups in total. The van der Waals surface area contributed by atoms with Crippen LogP contribution in [0, 0.1) is 20.8 Å². The van der Waals surface area contributed by atoms with Crippen molar-refractivity contribution in [3.63, 3.8) is 0 Å². The highest BCUT2D eigenvalue weighted by Crippen LogP contribution is 2.23. The van der Waals surface area contributed by atoms with Crippen molar-refractivity contribution in [3.8, 4) is 0 Å². The quantitative estimate of drug-likeness (QED) is 0.705. The molecule has 0 saturated heterocycles. The van der Waals surface area contributed by atoms with Crippen molar-refractivity contribution in [1.82, 2.24) is 15.2 Å². The molecular weight excluding hydrogens is 322 g/mol. The van der Waals surface area contributed by atoms with Gasteiger partial charge in [-0.05, 0) is 61.7 Å². The van der Waals surface area contributed by atoms with Crippen LogP contribution in [0.25, 0.3) is 0 Å². The number of nitrogens with zero attached hydrogens (tertiary/aromatic N) is 3. The van der Waals surface area contributed by atoms with Gasteiger partial charge in [-0.15, -0.1) is 5.10 Å². The smallest absolute Gasteiger partial charge is 0.249 e. The van der Waals surface area contributed by atoms with Crippen molar-refractivity contribution < 1.29 is 0 Å². The van der Waals surface area contributed by atoms with E-state index in [4.69, 9.17) is 11.6 Å². The molecule has 1 aromatic heterocycles. The van der Waals surface area contributed by atoms with Crippen molar-refractivity contribution >= 4 is 34.7 Å². The molecule has 0 saturated carbocycles. The molecule has 122 valence electrons. The van der Waals surface area contributed by atoms with Crippen molar-refractivity contribution in [3.05, 3.63) is 64.3 Å². The van der Waals surface area contributed by atoms with Crippen LogP contribution in [-0.2, 0) is 0 Å². The number of benzene rings is 2. The van der Waals surface area contributed by atoms with Crippen molar-refractivity contribution in [2.45, 2.75) is 20.8 Å². The van der Waals surface area contributed by atoms with E-state index in [1.807, 2.05) is 37.3 Å². The first kappa shape index (κ1) is 16.2. The van der Waals surface area contributed by atoms with E-state index in [0.717, 1.165) is 16.9 Å². The summed E-state index contributed by atoms with van der Waals surface area (Å²) >= 11 is 6.15. The van der Waals surface area contributed by atoms with E-state index < -0.39 is 0 Å².